The average Bonchev–Trinajstić information content (AvgIpc) is 2.18. The van der Waals surface area contributed by atoms with E-state index in [1.54, 1.807) is 30.3 Å². The summed E-state index contributed by atoms with van der Waals surface area (Å²) in [5.41, 5.74) is -0.500. The molecule has 1 nitrogen and oxygen atoms in total. The first-order chi connectivity index (χ1) is 6.46. The quantitative estimate of drug-likeness (QED) is 0.729. The molecule has 0 aromatic heterocycles. The zero-order valence-electron chi connectivity index (χ0n) is 8.13. The van der Waals surface area contributed by atoms with Crippen LogP contribution in [0.2, 0.25) is 0 Å². The highest BCUT2D eigenvalue weighted by molar-refractivity contribution is 5.91. The molecule has 0 saturated heterocycles. The van der Waals surface area contributed by atoms with Crippen LogP contribution < -0.4 is 0 Å². The van der Waals surface area contributed by atoms with Crippen LogP contribution in [-0.2, 0) is 10.2 Å². The Bertz CT molecular complexity index is 317. The van der Waals surface area contributed by atoms with Crippen LogP contribution in [0.3, 0.4) is 0 Å². The summed E-state index contributed by atoms with van der Waals surface area (Å²) in [4.78, 5) is 11.2. The number of carbonyl (C=O) groups is 1. The van der Waals surface area contributed by atoms with Crippen molar-refractivity contribution in [2.75, 3.05) is 0 Å². The van der Waals surface area contributed by atoms with Crippen molar-refractivity contribution in [3.05, 3.63) is 35.9 Å². The molecular weight excluding hydrogens is 186 g/mol. The van der Waals surface area contributed by atoms with Gasteiger partial charge in [-0.2, -0.15) is 0 Å². The van der Waals surface area contributed by atoms with Gasteiger partial charge in [0.25, 0.3) is 6.43 Å². The predicted molar refractivity (Wildman–Crippen MR) is 50.5 cm³/mol. The number of hydrogen-bond acceptors (Lipinski definition) is 1. The standard InChI is InChI=1S/C11H12F2O/c1-11(2,9(14)10(12)13)8-6-4-3-5-7-8/h3-7,10H,1-2H3. The average molecular weight is 198 g/mol. The van der Waals surface area contributed by atoms with Crippen LogP contribution in [0.4, 0.5) is 8.78 Å². The molecule has 0 saturated carbocycles. The normalized spacial score (nSPS) is 11.8. The molecule has 1 aromatic rings. The van der Waals surface area contributed by atoms with Crippen LogP contribution in [0.1, 0.15) is 19.4 Å². The van der Waals surface area contributed by atoms with Crippen molar-refractivity contribution in [1.82, 2.24) is 0 Å². The summed E-state index contributed by atoms with van der Waals surface area (Å²) >= 11 is 0. The van der Waals surface area contributed by atoms with E-state index < -0.39 is 17.6 Å². The van der Waals surface area contributed by atoms with Crippen molar-refractivity contribution in [1.29, 1.82) is 0 Å². The molecule has 3 heteroatoms. The Balaban J connectivity index is 3.02. The first-order valence-electron chi connectivity index (χ1n) is 4.34. The second-order valence-corrected chi connectivity index (χ2v) is 3.66. The van der Waals surface area contributed by atoms with E-state index in [0.717, 1.165) is 0 Å². The van der Waals surface area contributed by atoms with Crippen molar-refractivity contribution >= 4 is 5.78 Å². The van der Waals surface area contributed by atoms with E-state index in [1.165, 1.54) is 13.8 Å². The molecule has 0 amide bonds. The number of benzene rings is 1. The summed E-state index contributed by atoms with van der Waals surface area (Å²) in [6.45, 7) is 3.02. The molecular formula is C11H12F2O. The molecule has 0 unspecified atom stereocenters. The maximum atomic E-state index is 12.3. The van der Waals surface area contributed by atoms with E-state index in [9.17, 15) is 13.6 Å². The number of rotatable bonds is 3. The number of Topliss-reactive ketones (excluding diaryl/α,β-unsaturated/α-hetero) is 1. The van der Waals surface area contributed by atoms with Gasteiger partial charge in [0.2, 0.25) is 5.78 Å². The molecule has 0 bridgehead atoms. The van der Waals surface area contributed by atoms with Gasteiger partial charge in [0.1, 0.15) is 0 Å². The zero-order valence-corrected chi connectivity index (χ0v) is 8.13. The van der Waals surface area contributed by atoms with E-state index >= 15 is 0 Å². The van der Waals surface area contributed by atoms with Crippen LogP contribution in [0.15, 0.2) is 30.3 Å². The Kier molecular flexibility index (Phi) is 2.99. The van der Waals surface area contributed by atoms with Gasteiger partial charge in [0.05, 0.1) is 5.41 Å². The third kappa shape index (κ3) is 1.97. The Morgan fingerprint density at radius 3 is 2.14 bits per heavy atom. The fourth-order valence-electron chi connectivity index (χ4n) is 1.27. The summed E-state index contributed by atoms with van der Waals surface area (Å²) in [7, 11) is 0. The molecule has 0 atom stereocenters. The number of halogens is 2. The van der Waals surface area contributed by atoms with Crippen LogP contribution in [0.25, 0.3) is 0 Å². The molecule has 0 heterocycles. The van der Waals surface area contributed by atoms with Crippen molar-refractivity contribution in [3.8, 4) is 0 Å². The second kappa shape index (κ2) is 3.86. The van der Waals surface area contributed by atoms with Crippen LogP contribution in [0, 0.1) is 0 Å². The molecule has 0 aliphatic rings. The van der Waals surface area contributed by atoms with E-state index in [-0.39, 0.29) is 0 Å². The Hall–Kier alpha value is -1.25. The third-order valence-electron chi connectivity index (χ3n) is 2.31. The fraction of sp³-hybridized carbons (Fsp3) is 0.364. The Labute approximate surface area is 81.7 Å². The molecule has 0 radical (unpaired) electrons. The van der Waals surface area contributed by atoms with E-state index in [4.69, 9.17) is 0 Å². The van der Waals surface area contributed by atoms with Gasteiger partial charge >= 0.3 is 0 Å². The number of alkyl halides is 2. The van der Waals surface area contributed by atoms with Gasteiger partial charge < -0.3 is 0 Å². The van der Waals surface area contributed by atoms with E-state index in [0.29, 0.717) is 5.56 Å². The predicted octanol–water partition coefficient (Wildman–Crippen LogP) is 2.80. The minimum absolute atomic E-state index is 0.616. The van der Waals surface area contributed by atoms with E-state index in [2.05, 4.69) is 0 Å². The molecule has 14 heavy (non-hydrogen) atoms. The summed E-state index contributed by atoms with van der Waals surface area (Å²) in [6, 6.07) is 8.61. The molecule has 76 valence electrons. The fourth-order valence-corrected chi connectivity index (χ4v) is 1.27. The maximum absolute atomic E-state index is 12.3. The lowest BCUT2D eigenvalue weighted by Gasteiger charge is -2.22. The smallest absolute Gasteiger partial charge is 0.292 e. The van der Waals surface area contributed by atoms with Gasteiger partial charge in [-0.3, -0.25) is 4.79 Å². The van der Waals surface area contributed by atoms with Gasteiger partial charge in [0, 0.05) is 0 Å². The largest absolute Gasteiger partial charge is 0.296 e. The molecule has 0 aliphatic heterocycles. The van der Waals surface area contributed by atoms with Gasteiger partial charge in [0.15, 0.2) is 0 Å². The third-order valence-corrected chi connectivity index (χ3v) is 2.31. The van der Waals surface area contributed by atoms with Crippen molar-refractivity contribution in [2.45, 2.75) is 25.7 Å². The molecule has 0 N–H and O–H groups in total. The van der Waals surface area contributed by atoms with Gasteiger partial charge in [-0.15, -0.1) is 0 Å². The highest BCUT2D eigenvalue weighted by Crippen LogP contribution is 2.26. The SMILES string of the molecule is CC(C)(C(=O)C(F)F)c1ccccc1. The van der Waals surface area contributed by atoms with E-state index in [1.807, 2.05) is 0 Å². The highest BCUT2D eigenvalue weighted by Gasteiger charge is 2.35. The van der Waals surface area contributed by atoms with Gasteiger partial charge in [-0.05, 0) is 19.4 Å². The topological polar surface area (TPSA) is 17.1 Å². The maximum Gasteiger partial charge on any atom is 0.296 e. The Morgan fingerprint density at radius 2 is 1.71 bits per heavy atom. The summed E-state index contributed by atoms with van der Waals surface area (Å²) in [6.07, 6.45) is -2.91. The molecule has 1 aromatic carbocycles. The lowest BCUT2D eigenvalue weighted by molar-refractivity contribution is -0.134. The number of ketones is 1. The van der Waals surface area contributed by atoms with Crippen molar-refractivity contribution < 1.29 is 13.6 Å². The van der Waals surface area contributed by atoms with Gasteiger partial charge in [-0.1, -0.05) is 30.3 Å². The lowest BCUT2D eigenvalue weighted by atomic mass is 9.81. The zero-order chi connectivity index (χ0) is 10.8. The summed E-state index contributed by atoms with van der Waals surface area (Å²) < 4.78 is 24.5. The summed E-state index contributed by atoms with van der Waals surface area (Å²) in [5, 5.41) is 0. The number of carbonyl (C=O) groups excluding carboxylic acids is 1. The Morgan fingerprint density at radius 1 is 1.21 bits per heavy atom. The highest BCUT2D eigenvalue weighted by atomic mass is 19.3. The van der Waals surface area contributed by atoms with Crippen LogP contribution in [-0.4, -0.2) is 12.2 Å². The molecule has 0 spiro atoms. The van der Waals surface area contributed by atoms with Crippen molar-refractivity contribution in [2.24, 2.45) is 0 Å². The molecule has 0 aliphatic carbocycles. The molecule has 1 rings (SSSR count). The van der Waals surface area contributed by atoms with Gasteiger partial charge in [-0.25, -0.2) is 8.78 Å². The van der Waals surface area contributed by atoms with Crippen molar-refractivity contribution in [3.63, 3.8) is 0 Å². The minimum Gasteiger partial charge on any atom is -0.292 e. The van der Waals surface area contributed by atoms with Crippen LogP contribution in [0.5, 0.6) is 0 Å². The minimum atomic E-state index is -2.91. The lowest BCUT2D eigenvalue weighted by Crippen LogP contribution is -2.34. The second-order valence-electron chi connectivity index (χ2n) is 3.66. The monoisotopic (exact) mass is 198 g/mol. The first-order valence-corrected chi connectivity index (χ1v) is 4.34. The number of hydrogen-bond donors (Lipinski definition) is 0. The molecule has 0 fully saturated rings. The first kappa shape index (κ1) is 10.8. The summed E-state index contributed by atoms with van der Waals surface area (Å²) in [5.74, 6) is -1.04. The van der Waals surface area contributed by atoms with Crippen LogP contribution >= 0.6 is 0 Å².